The Morgan fingerprint density at radius 2 is 1.53 bits per heavy atom. The molecular formula is C14H24O5. The fraction of sp³-hybridized carbons (Fsp3) is 0.857. The monoisotopic (exact) mass is 272 g/mol. The SMILES string of the molecule is COC(=O)C1(C(=O)OC)[C@H](C(C)C)CO[C@H]1C(C)C. The van der Waals surface area contributed by atoms with E-state index in [9.17, 15) is 9.59 Å². The first-order valence-electron chi connectivity index (χ1n) is 6.62. The Kier molecular flexibility index (Phi) is 4.96. The van der Waals surface area contributed by atoms with E-state index in [0.29, 0.717) is 6.61 Å². The molecule has 19 heavy (non-hydrogen) atoms. The summed E-state index contributed by atoms with van der Waals surface area (Å²) in [5, 5.41) is 0. The van der Waals surface area contributed by atoms with Crippen LogP contribution in [0, 0.1) is 23.2 Å². The van der Waals surface area contributed by atoms with Gasteiger partial charge in [0.15, 0.2) is 5.41 Å². The van der Waals surface area contributed by atoms with Crippen LogP contribution in [0.4, 0.5) is 0 Å². The molecule has 0 saturated carbocycles. The van der Waals surface area contributed by atoms with Gasteiger partial charge in [-0.2, -0.15) is 0 Å². The molecule has 2 atom stereocenters. The third-order valence-corrected chi connectivity index (χ3v) is 3.95. The summed E-state index contributed by atoms with van der Waals surface area (Å²) in [6, 6.07) is 0. The minimum Gasteiger partial charge on any atom is -0.468 e. The Morgan fingerprint density at radius 3 is 1.84 bits per heavy atom. The van der Waals surface area contributed by atoms with E-state index < -0.39 is 23.5 Å². The molecule has 5 heteroatoms. The van der Waals surface area contributed by atoms with Crippen molar-refractivity contribution < 1.29 is 23.8 Å². The van der Waals surface area contributed by atoms with Crippen molar-refractivity contribution >= 4 is 11.9 Å². The normalized spacial score (nSPS) is 25.7. The van der Waals surface area contributed by atoms with Gasteiger partial charge in [0, 0.05) is 5.92 Å². The van der Waals surface area contributed by atoms with Gasteiger partial charge in [0.1, 0.15) is 0 Å². The highest BCUT2D eigenvalue weighted by Gasteiger charge is 2.65. The smallest absolute Gasteiger partial charge is 0.326 e. The molecular weight excluding hydrogens is 248 g/mol. The van der Waals surface area contributed by atoms with Gasteiger partial charge in [0.05, 0.1) is 26.9 Å². The van der Waals surface area contributed by atoms with E-state index >= 15 is 0 Å². The van der Waals surface area contributed by atoms with Crippen molar-refractivity contribution in [3.8, 4) is 0 Å². The highest BCUT2D eigenvalue weighted by atomic mass is 16.6. The van der Waals surface area contributed by atoms with Crippen LogP contribution in [0.15, 0.2) is 0 Å². The summed E-state index contributed by atoms with van der Waals surface area (Å²) >= 11 is 0. The number of carbonyl (C=O) groups is 2. The van der Waals surface area contributed by atoms with Crippen molar-refractivity contribution in [3.05, 3.63) is 0 Å². The largest absolute Gasteiger partial charge is 0.468 e. The number of ether oxygens (including phenoxy) is 3. The number of hydrogen-bond donors (Lipinski definition) is 0. The summed E-state index contributed by atoms with van der Waals surface area (Å²) in [6.45, 7) is 8.15. The topological polar surface area (TPSA) is 61.8 Å². The van der Waals surface area contributed by atoms with Crippen LogP contribution < -0.4 is 0 Å². The van der Waals surface area contributed by atoms with Crippen molar-refractivity contribution in [1.82, 2.24) is 0 Å². The molecule has 0 unspecified atom stereocenters. The summed E-state index contributed by atoms with van der Waals surface area (Å²) in [5.41, 5.74) is -1.36. The van der Waals surface area contributed by atoms with Crippen molar-refractivity contribution in [1.29, 1.82) is 0 Å². The maximum Gasteiger partial charge on any atom is 0.326 e. The summed E-state index contributed by atoms with van der Waals surface area (Å²) < 4.78 is 15.6. The van der Waals surface area contributed by atoms with E-state index in [1.54, 1.807) is 0 Å². The summed E-state index contributed by atoms with van der Waals surface area (Å²) in [4.78, 5) is 24.7. The maximum absolute atomic E-state index is 12.4. The van der Waals surface area contributed by atoms with Gasteiger partial charge in [-0.25, -0.2) is 0 Å². The lowest BCUT2D eigenvalue weighted by Gasteiger charge is -2.36. The van der Waals surface area contributed by atoms with Gasteiger partial charge >= 0.3 is 11.9 Å². The van der Waals surface area contributed by atoms with Crippen molar-refractivity contribution in [3.63, 3.8) is 0 Å². The first-order valence-corrected chi connectivity index (χ1v) is 6.62. The minimum absolute atomic E-state index is 0.0157. The van der Waals surface area contributed by atoms with Crippen LogP contribution in [0.3, 0.4) is 0 Å². The molecule has 1 aliphatic rings. The van der Waals surface area contributed by atoms with Crippen LogP contribution in [0.5, 0.6) is 0 Å². The molecule has 0 aliphatic carbocycles. The molecule has 1 rings (SSSR count). The number of hydrogen-bond acceptors (Lipinski definition) is 5. The van der Waals surface area contributed by atoms with Crippen LogP contribution in [-0.2, 0) is 23.8 Å². The van der Waals surface area contributed by atoms with Gasteiger partial charge in [-0.1, -0.05) is 27.7 Å². The Bertz CT molecular complexity index is 314. The highest BCUT2D eigenvalue weighted by molar-refractivity contribution is 6.01. The second-order valence-electron chi connectivity index (χ2n) is 5.70. The molecule has 5 nitrogen and oxygen atoms in total. The van der Waals surface area contributed by atoms with Crippen molar-refractivity contribution in [2.45, 2.75) is 33.8 Å². The first-order chi connectivity index (χ1) is 8.83. The fourth-order valence-corrected chi connectivity index (χ4v) is 3.07. The Labute approximate surface area is 114 Å². The van der Waals surface area contributed by atoms with Crippen LogP contribution in [0.25, 0.3) is 0 Å². The zero-order chi connectivity index (χ0) is 14.8. The van der Waals surface area contributed by atoms with E-state index in [1.165, 1.54) is 14.2 Å². The lowest BCUT2D eigenvalue weighted by molar-refractivity contribution is -0.179. The molecule has 1 aliphatic heterocycles. The van der Waals surface area contributed by atoms with E-state index in [-0.39, 0.29) is 17.8 Å². The molecule has 0 bridgehead atoms. The van der Waals surface area contributed by atoms with E-state index in [4.69, 9.17) is 14.2 Å². The second kappa shape index (κ2) is 5.90. The number of esters is 2. The average Bonchev–Trinajstić information content (AvgIpc) is 2.77. The molecule has 0 aromatic carbocycles. The summed E-state index contributed by atoms with van der Waals surface area (Å²) in [6.07, 6.45) is -0.514. The molecule has 1 heterocycles. The van der Waals surface area contributed by atoms with Gasteiger partial charge in [0.25, 0.3) is 0 Å². The van der Waals surface area contributed by atoms with Crippen molar-refractivity contribution in [2.24, 2.45) is 23.2 Å². The number of carbonyl (C=O) groups excluding carboxylic acids is 2. The summed E-state index contributed by atoms with van der Waals surface area (Å²) in [7, 11) is 2.58. The molecule has 110 valence electrons. The predicted octanol–water partition coefficient (Wildman–Crippen LogP) is 1.65. The van der Waals surface area contributed by atoms with Gasteiger partial charge < -0.3 is 14.2 Å². The fourth-order valence-electron chi connectivity index (χ4n) is 3.07. The molecule has 0 N–H and O–H groups in total. The van der Waals surface area contributed by atoms with E-state index in [2.05, 4.69) is 0 Å². The lowest BCUT2D eigenvalue weighted by atomic mass is 9.66. The zero-order valence-electron chi connectivity index (χ0n) is 12.6. The number of methoxy groups -OCH3 is 2. The molecule has 0 amide bonds. The third-order valence-electron chi connectivity index (χ3n) is 3.95. The standard InChI is InChI=1S/C14H24O5/c1-8(2)10-7-19-11(9(3)4)14(10,12(15)17-5)13(16)18-6/h8-11H,7H2,1-6H3/t10-,11-/m0/s1. The van der Waals surface area contributed by atoms with Gasteiger partial charge in [-0.05, 0) is 11.8 Å². The van der Waals surface area contributed by atoms with Gasteiger partial charge in [0.2, 0.25) is 0 Å². The highest BCUT2D eigenvalue weighted by Crippen LogP contribution is 2.48. The zero-order valence-corrected chi connectivity index (χ0v) is 12.6. The van der Waals surface area contributed by atoms with Crippen LogP contribution in [0.1, 0.15) is 27.7 Å². The molecule has 1 fully saturated rings. The third kappa shape index (κ3) is 2.36. The predicted molar refractivity (Wildman–Crippen MR) is 69.4 cm³/mol. The van der Waals surface area contributed by atoms with Crippen molar-refractivity contribution in [2.75, 3.05) is 20.8 Å². The van der Waals surface area contributed by atoms with E-state index in [1.807, 2.05) is 27.7 Å². The quantitative estimate of drug-likeness (QED) is 0.575. The average molecular weight is 272 g/mol. The Hall–Kier alpha value is -1.10. The second-order valence-corrected chi connectivity index (χ2v) is 5.70. The minimum atomic E-state index is -1.36. The molecule has 0 radical (unpaired) electrons. The Balaban J connectivity index is 3.39. The molecule has 1 saturated heterocycles. The van der Waals surface area contributed by atoms with Gasteiger partial charge in [-0.3, -0.25) is 9.59 Å². The van der Waals surface area contributed by atoms with Crippen LogP contribution in [-0.4, -0.2) is 38.9 Å². The summed E-state index contributed by atoms with van der Waals surface area (Å²) in [5.74, 6) is -1.23. The molecule has 0 aromatic rings. The Morgan fingerprint density at radius 1 is 1.05 bits per heavy atom. The number of rotatable bonds is 4. The van der Waals surface area contributed by atoms with E-state index in [0.717, 1.165) is 0 Å². The van der Waals surface area contributed by atoms with Crippen LogP contribution in [0.2, 0.25) is 0 Å². The van der Waals surface area contributed by atoms with Gasteiger partial charge in [-0.15, -0.1) is 0 Å². The maximum atomic E-state index is 12.4. The molecule has 0 aromatic heterocycles. The lowest BCUT2D eigenvalue weighted by Crippen LogP contribution is -2.54. The molecule has 0 spiro atoms. The van der Waals surface area contributed by atoms with Crippen LogP contribution >= 0.6 is 0 Å². The first kappa shape index (κ1) is 16.0.